The summed E-state index contributed by atoms with van der Waals surface area (Å²) < 4.78 is 0. The molecular formula is C23H41NO2. The van der Waals surface area contributed by atoms with Gasteiger partial charge in [-0.1, -0.05) is 69.4 Å². The average Bonchev–Trinajstić information content (AvgIpc) is 2.64. The molecule has 0 saturated heterocycles. The minimum absolute atomic E-state index is 0.0207. The van der Waals surface area contributed by atoms with E-state index >= 15 is 0 Å². The summed E-state index contributed by atoms with van der Waals surface area (Å²) in [6, 6.07) is 0. The molecule has 0 spiro atoms. The number of aliphatic hydroxyl groups is 1. The van der Waals surface area contributed by atoms with Crippen LogP contribution in [0.15, 0.2) is 11.6 Å². The van der Waals surface area contributed by atoms with E-state index in [0.29, 0.717) is 13.0 Å². The Labute approximate surface area is 162 Å². The molecule has 3 heteroatoms. The summed E-state index contributed by atoms with van der Waals surface area (Å²) in [5.74, 6) is 6.58. The standard InChI is InChI=1S/C23H41NO2/c1-3-4-5-6-8-11-14-17-22(2)18-15-12-9-7-10-13-16-19-23(26)24-20-21-25/h17,25H,3-7,9-10,12-16,18-21H2,1-2H3,(H,24,26)/b22-17+. The third kappa shape index (κ3) is 19.1. The predicted molar refractivity (Wildman–Crippen MR) is 112 cm³/mol. The minimum Gasteiger partial charge on any atom is -0.395 e. The Bertz CT molecular complexity index is 418. The maximum absolute atomic E-state index is 11.4. The molecule has 0 bridgehead atoms. The summed E-state index contributed by atoms with van der Waals surface area (Å²) >= 11 is 0. The highest BCUT2D eigenvalue weighted by Crippen LogP contribution is 2.13. The van der Waals surface area contributed by atoms with Crippen LogP contribution in [0.5, 0.6) is 0 Å². The normalized spacial score (nSPS) is 11.1. The zero-order valence-electron chi connectivity index (χ0n) is 17.2. The van der Waals surface area contributed by atoms with Crippen molar-refractivity contribution in [3.05, 3.63) is 11.6 Å². The summed E-state index contributed by atoms with van der Waals surface area (Å²) in [5, 5.41) is 11.3. The fraction of sp³-hybridized carbons (Fsp3) is 0.783. The molecule has 0 heterocycles. The van der Waals surface area contributed by atoms with Crippen molar-refractivity contribution >= 4 is 5.91 Å². The molecule has 0 radical (unpaired) electrons. The monoisotopic (exact) mass is 363 g/mol. The molecule has 0 rings (SSSR count). The van der Waals surface area contributed by atoms with E-state index in [4.69, 9.17) is 5.11 Å². The van der Waals surface area contributed by atoms with Crippen molar-refractivity contribution in [1.82, 2.24) is 5.32 Å². The first-order chi connectivity index (χ1) is 12.7. The van der Waals surface area contributed by atoms with E-state index in [1.165, 1.54) is 63.4 Å². The Balaban J connectivity index is 3.40. The van der Waals surface area contributed by atoms with Gasteiger partial charge in [0.2, 0.25) is 5.91 Å². The molecule has 2 N–H and O–H groups in total. The van der Waals surface area contributed by atoms with E-state index in [9.17, 15) is 4.79 Å². The second-order valence-electron chi connectivity index (χ2n) is 7.11. The number of amides is 1. The van der Waals surface area contributed by atoms with Gasteiger partial charge in [-0.15, -0.1) is 5.92 Å². The fourth-order valence-corrected chi connectivity index (χ4v) is 2.81. The number of rotatable bonds is 16. The zero-order valence-corrected chi connectivity index (χ0v) is 17.2. The van der Waals surface area contributed by atoms with E-state index in [0.717, 1.165) is 25.7 Å². The Morgan fingerprint density at radius 3 is 2.23 bits per heavy atom. The van der Waals surface area contributed by atoms with Crippen LogP contribution in [0.3, 0.4) is 0 Å². The van der Waals surface area contributed by atoms with Gasteiger partial charge < -0.3 is 10.4 Å². The van der Waals surface area contributed by atoms with Crippen molar-refractivity contribution in [1.29, 1.82) is 0 Å². The highest BCUT2D eigenvalue weighted by molar-refractivity contribution is 5.75. The van der Waals surface area contributed by atoms with Gasteiger partial charge in [0.15, 0.2) is 0 Å². The molecule has 0 unspecified atom stereocenters. The molecule has 3 nitrogen and oxygen atoms in total. The van der Waals surface area contributed by atoms with Crippen molar-refractivity contribution in [2.75, 3.05) is 13.2 Å². The smallest absolute Gasteiger partial charge is 0.220 e. The lowest BCUT2D eigenvalue weighted by molar-refractivity contribution is -0.121. The zero-order chi connectivity index (χ0) is 19.3. The third-order valence-electron chi connectivity index (χ3n) is 4.49. The van der Waals surface area contributed by atoms with Crippen LogP contribution in [-0.2, 0) is 4.79 Å². The van der Waals surface area contributed by atoms with Crippen LogP contribution >= 0.6 is 0 Å². The second-order valence-corrected chi connectivity index (χ2v) is 7.11. The Morgan fingerprint density at radius 2 is 1.58 bits per heavy atom. The summed E-state index contributed by atoms with van der Waals surface area (Å²) in [4.78, 5) is 11.4. The molecule has 0 aliphatic rings. The van der Waals surface area contributed by atoms with Gasteiger partial charge in [-0.3, -0.25) is 4.79 Å². The van der Waals surface area contributed by atoms with Gasteiger partial charge in [-0.2, -0.15) is 0 Å². The molecule has 150 valence electrons. The molecule has 0 aliphatic heterocycles. The van der Waals surface area contributed by atoms with Crippen LogP contribution in [0.4, 0.5) is 0 Å². The first kappa shape index (κ1) is 24.7. The van der Waals surface area contributed by atoms with Gasteiger partial charge >= 0.3 is 0 Å². The molecule has 0 atom stereocenters. The quantitative estimate of drug-likeness (QED) is 0.215. The lowest BCUT2D eigenvalue weighted by atomic mass is 10.0. The Kier molecular flexibility index (Phi) is 19.1. The molecule has 0 aromatic rings. The van der Waals surface area contributed by atoms with Gasteiger partial charge in [0.1, 0.15) is 0 Å². The molecule has 0 aromatic carbocycles. The number of unbranched alkanes of at least 4 members (excludes halogenated alkanes) is 9. The highest BCUT2D eigenvalue weighted by Gasteiger charge is 1.99. The lowest BCUT2D eigenvalue weighted by Crippen LogP contribution is -2.25. The fourth-order valence-electron chi connectivity index (χ4n) is 2.81. The first-order valence-electron chi connectivity index (χ1n) is 10.7. The number of nitrogens with one attached hydrogen (secondary N) is 1. The van der Waals surface area contributed by atoms with Gasteiger partial charge in [-0.25, -0.2) is 0 Å². The van der Waals surface area contributed by atoms with E-state index in [1.54, 1.807) is 0 Å². The number of hydrogen-bond acceptors (Lipinski definition) is 2. The topological polar surface area (TPSA) is 49.3 Å². The van der Waals surface area contributed by atoms with Gasteiger partial charge in [0, 0.05) is 25.8 Å². The largest absolute Gasteiger partial charge is 0.395 e. The number of carbonyl (C=O) groups is 1. The van der Waals surface area contributed by atoms with Crippen LogP contribution in [0.25, 0.3) is 0 Å². The van der Waals surface area contributed by atoms with Crippen LogP contribution in [0, 0.1) is 11.8 Å². The first-order valence-corrected chi connectivity index (χ1v) is 10.7. The van der Waals surface area contributed by atoms with Gasteiger partial charge in [-0.05, 0) is 32.6 Å². The van der Waals surface area contributed by atoms with Crippen molar-refractivity contribution in [3.63, 3.8) is 0 Å². The molecular weight excluding hydrogens is 322 g/mol. The SMILES string of the molecule is CCCCCC#CC/C=C(\C)CCCCCCCCCC(=O)NCCO. The van der Waals surface area contributed by atoms with Crippen molar-refractivity contribution in [2.24, 2.45) is 0 Å². The van der Waals surface area contributed by atoms with E-state index in [-0.39, 0.29) is 12.5 Å². The van der Waals surface area contributed by atoms with E-state index < -0.39 is 0 Å². The predicted octanol–water partition coefficient (Wildman–Crippen LogP) is 5.53. The molecule has 0 saturated carbocycles. The van der Waals surface area contributed by atoms with Crippen LogP contribution in [0.2, 0.25) is 0 Å². The number of allylic oxidation sites excluding steroid dienone is 2. The second kappa shape index (κ2) is 20.0. The molecule has 0 aliphatic carbocycles. The minimum atomic E-state index is 0.0207. The summed E-state index contributed by atoms with van der Waals surface area (Å²) in [6.45, 7) is 4.84. The number of hydrogen-bond donors (Lipinski definition) is 2. The van der Waals surface area contributed by atoms with Crippen molar-refractivity contribution < 1.29 is 9.90 Å². The molecule has 26 heavy (non-hydrogen) atoms. The van der Waals surface area contributed by atoms with Crippen LogP contribution in [0.1, 0.15) is 104 Å². The van der Waals surface area contributed by atoms with Crippen LogP contribution in [-0.4, -0.2) is 24.2 Å². The molecule has 0 aromatic heterocycles. The lowest BCUT2D eigenvalue weighted by Gasteiger charge is -2.04. The number of carbonyl (C=O) groups excluding carboxylic acids is 1. The summed E-state index contributed by atoms with van der Waals surface area (Å²) in [7, 11) is 0. The van der Waals surface area contributed by atoms with E-state index in [1.807, 2.05) is 0 Å². The van der Waals surface area contributed by atoms with Crippen LogP contribution < -0.4 is 5.32 Å². The average molecular weight is 364 g/mol. The Hall–Kier alpha value is -1.27. The molecule has 0 fully saturated rings. The van der Waals surface area contributed by atoms with E-state index in [2.05, 4.69) is 37.1 Å². The van der Waals surface area contributed by atoms with Gasteiger partial charge in [0.25, 0.3) is 0 Å². The number of aliphatic hydroxyl groups excluding tert-OH is 1. The Morgan fingerprint density at radius 1 is 0.923 bits per heavy atom. The van der Waals surface area contributed by atoms with Gasteiger partial charge in [0.05, 0.1) is 6.61 Å². The molecule has 1 amide bonds. The summed E-state index contributed by atoms with van der Waals surface area (Å²) in [6.07, 6.45) is 18.3. The van der Waals surface area contributed by atoms with Crippen molar-refractivity contribution in [2.45, 2.75) is 104 Å². The van der Waals surface area contributed by atoms with Crippen molar-refractivity contribution in [3.8, 4) is 11.8 Å². The maximum Gasteiger partial charge on any atom is 0.220 e. The highest BCUT2D eigenvalue weighted by atomic mass is 16.3. The summed E-state index contributed by atoms with van der Waals surface area (Å²) in [5.41, 5.74) is 1.47. The third-order valence-corrected chi connectivity index (χ3v) is 4.49. The maximum atomic E-state index is 11.4.